The average Bonchev–Trinajstić information content (AvgIpc) is 2.41. The van der Waals surface area contributed by atoms with Crippen molar-refractivity contribution in [2.24, 2.45) is 5.73 Å². The summed E-state index contributed by atoms with van der Waals surface area (Å²) in [5, 5.41) is 2.71. The van der Waals surface area contributed by atoms with Crippen LogP contribution in [0.5, 0.6) is 11.6 Å². The number of amides is 1. The zero-order valence-electron chi connectivity index (χ0n) is 10.6. The van der Waals surface area contributed by atoms with Crippen LogP contribution in [0.15, 0.2) is 42.6 Å². The van der Waals surface area contributed by atoms with E-state index < -0.39 is 0 Å². The Morgan fingerprint density at radius 2 is 2.11 bits per heavy atom. The molecule has 1 aromatic carbocycles. The van der Waals surface area contributed by atoms with Crippen LogP contribution in [0.3, 0.4) is 0 Å². The summed E-state index contributed by atoms with van der Waals surface area (Å²) in [5.41, 5.74) is 7.04. The highest BCUT2D eigenvalue weighted by atomic mass is 16.5. The molecule has 0 aliphatic carbocycles. The number of hydrogen-bond donors (Lipinski definition) is 2. The highest BCUT2D eigenvalue weighted by Gasteiger charge is 2.09. The van der Waals surface area contributed by atoms with Gasteiger partial charge in [-0.05, 0) is 18.2 Å². The number of aromatic nitrogens is 1. The number of anilines is 1. The van der Waals surface area contributed by atoms with E-state index in [-0.39, 0.29) is 5.91 Å². The normalized spacial score (nSPS) is 10.0. The van der Waals surface area contributed by atoms with E-state index in [1.165, 1.54) is 6.92 Å². The van der Waals surface area contributed by atoms with Crippen molar-refractivity contribution in [2.75, 3.05) is 5.32 Å². The van der Waals surface area contributed by atoms with Crippen LogP contribution in [-0.4, -0.2) is 10.9 Å². The van der Waals surface area contributed by atoms with Crippen LogP contribution in [0, 0.1) is 0 Å². The van der Waals surface area contributed by atoms with Gasteiger partial charge in [0, 0.05) is 25.2 Å². The predicted molar refractivity (Wildman–Crippen MR) is 72.9 cm³/mol. The van der Waals surface area contributed by atoms with E-state index in [2.05, 4.69) is 10.3 Å². The number of rotatable bonds is 4. The van der Waals surface area contributed by atoms with Crippen molar-refractivity contribution in [1.29, 1.82) is 0 Å². The number of carbonyl (C=O) groups excluding carboxylic acids is 1. The number of para-hydroxylation sites is 2. The van der Waals surface area contributed by atoms with Gasteiger partial charge in [-0.15, -0.1) is 0 Å². The highest BCUT2D eigenvalue weighted by Crippen LogP contribution is 2.29. The molecular weight excluding hydrogens is 242 g/mol. The van der Waals surface area contributed by atoms with Gasteiger partial charge in [0.2, 0.25) is 11.8 Å². The molecule has 0 saturated heterocycles. The fourth-order valence-electron chi connectivity index (χ4n) is 1.62. The number of nitrogens with two attached hydrogens (primary N) is 1. The van der Waals surface area contributed by atoms with Gasteiger partial charge in [-0.2, -0.15) is 0 Å². The van der Waals surface area contributed by atoms with E-state index in [4.69, 9.17) is 10.5 Å². The zero-order chi connectivity index (χ0) is 13.7. The summed E-state index contributed by atoms with van der Waals surface area (Å²) in [6.07, 6.45) is 1.63. The van der Waals surface area contributed by atoms with Crippen molar-refractivity contribution >= 4 is 11.6 Å². The fraction of sp³-hybridized carbons (Fsp3) is 0.143. The molecule has 98 valence electrons. The molecular formula is C14H15N3O2. The second-order valence-corrected chi connectivity index (χ2v) is 3.95. The molecule has 2 rings (SSSR count). The number of carbonyl (C=O) groups is 1. The number of nitrogens with one attached hydrogen (secondary N) is 1. The summed E-state index contributed by atoms with van der Waals surface area (Å²) in [6, 6.07) is 10.8. The molecule has 0 aliphatic heterocycles. The molecule has 0 saturated carbocycles. The van der Waals surface area contributed by atoms with Gasteiger partial charge in [0.05, 0.1) is 5.69 Å². The summed E-state index contributed by atoms with van der Waals surface area (Å²) in [4.78, 5) is 15.3. The van der Waals surface area contributed by atoms with E-state index in [1.807, 2.05) is 18.2 Å². The summed E-state index contributed by atoms with van der Waals surface area (Å²) >= 11 is 0. The second kappa shape index (κ2) is 5.97. The smallest absolute Gasteiger partial charge is 0.223 e. The van der Waals surface area contributed by atoms with E-state index in [9.17, 15) is 4.79 Å². The molecule has 0 fully saturated rings. The van der Waals surface area contributed by atoms with E-state index in [0.29, 0.717) is 23.9 Å². The van der Waals surface area contributed by atoms with Crippen LogP contribution in [0.1, 0.15) is 12.5 Å². The molecule has 1 aromatic heterocycles. The van der Waals surface area contributed by atoms with Gasteiger partial charge in [-0.3, -0.25) is 4.79 Å². The topological polar surface area (TPSA) is 77.2 Å². The predicted octanol–water partition coefficient (Wildman–Crippen LogP) is 2.29. The molecule has 0 spiro atoms. The minimum atomic E-state index is -0.156. The van der Waals surface area contributed by atoms with Gasteiger partial charge >= 0.3 is 0 Å². The molecule has 0 aliphatic rings. The largest absolute Gasteiger partial charge is 0.437 e. The van der Waals surface area contributed by atoms with Crippen LogP contribution in [0.25, 0.3) is 0 Å². The number of benzene rings is 1. The summed E-state index contributed by atoms with van der Waals surface area (Å²) in [5.74, 6) is 0.824. The molecule has 0 atom stereocenters. The lowest BCUT2D eigenvalue weighted by Gasteiger charge is -2.12. The maximum Gasteiger partial charge on any atom is 0.223 e. The van der Waals surface area contributed by atoms with Gasteiger partial charge in [-0.25, -0.2) is 4.98 Å². The van der Waals surface area contributed by atoms with Crippen molar-refractivity contribution in [1.82, 2.24) is 4.98 Å². The summed E-state index contributed by atoms with van der Waals surface area (Å²) in [6.45, 7) is 1.79. The van der Waals surface area contributed by atoms with Crippen molar-refractivity contribution < 1.29 is 9.53 Å². The van der Waals surface area contributed by atoms with E-state index in [0.717, 1.165) is 5.56 Å². The Labute approximate surface area is 111 Å². The summed E-state index contributed by atoms with van der Waals surface area (Å²) in [7, 11) is 0. The number of nitrogens with zero attached hydrogens (tertiary/aromatic N) is 1. The number of ether oxygens (including phenoxy) is 1. The number of pyridine rings is 1. The monoisotopic (exact) mass is 257 g/mol. The Bertz CT molecular complexity index is 584. The highest BCUT2D eigenvalue weighted by molar-refractivity contribution is 5.90. The molecule has 3 N–H and O–H groups in total. The SMILES string of the molecule is CC(=O)Nc1ccccc1Oc1ncccc1CN. The van der Waals surface area contributed by atoms with Gasteiger partial charge in [0.1, 0.15) is 0 Å². The van der Waals surface area contributed by atoms with Crippen molar-refractivity contribution in [3.05, 3.63) is 48.2 Å². The third kappa shape index (κ3) is 3.29. The molecule has 5 nitrogen and oxygen atoms in total. The molecule has 5 heteroatoms. The minimum Gasteiger partial charge on any atom is -0.437 e. The first-order valence-corrected chi connectivity index (χ1v) is 5.89. The van der Waals surface area contributed by atoms with Crippen LogP contribution in [-0.2, 0) is 11.3 Å². The Morgan fingerprint density at radius 3 is 2.84 bits per heavy atom. The van der Waals surface area contributed by atoms with E-state index in [1.54, 1.807) is 24.4 Å². The van der Waals surface area contributed by atoms with Crippen LogP contribution >= 0.6 is 0 Å². The van der Waals surface area contributed by atoms with Gasteiger partial charge in [0.25, 0.3) is 0 Å². The van der Waals surface area contributed by atoms with Crippen LogP contribution in [0.2, 0.25) is 0 Å². The lowest BCUT2D eigenvalue weighted by atomic mass is 10.2. The Morgan fingerprint density at radius 1 is 1.32 bits per heavy atom. The van der Waals surface area contributed by atoms with Crippen LogP contribution < -0.4 is 15.8 Å². The van der Waals surface area contributed by atoms with Crippen molar-refractivity contribution in [3.63, 3.8) is 0 Å². The maximum atomic E-state index is 11.1. The Hall–Kier alpha value is -2.40. The minimum absolute atomic E-state index is 0.156. The molecule has 0 bridgehead atoms. The fourth-order valence-corrected chi connectivity index (χ4v) is 1.62. The molecule has 0 unspecified atom stereocenters. The number of hydrogen-bond acceptors (Lipinski definition) is 4. The third-order valence-electron chi connectivity index (χ3n) is 2.47. The van der Waals surface area contributed by atoms with Gasteiger partial charge in [0.15, 0.2) is 5.75 Å². The first-order chi connectivity index (χ1) is 9.20. The van der Waals surface area contributed by atoms with E-state index >= 15 is 0 Å². The molecule has 19 heavy (non-hydrogen) atoms. The first-order valence-electron chi connectivity index (χ1n) is 5.89. The van der Waals surface area contributed by atoms with Crippen molar-refractivity contribution in [2.45, 2.75) is 13.5 Å². The van der Waals surface area contributed by atoms with Crippen molar-refractivity contribution in [3.8, 4) is 11.6 Å². The first kappa shape index (κ1) is 13.0. The quantitative estimate of drug-likeness (QED) is 0.881. The molecule has 0 radical (unpaired) electrons. The molecule has 1 heterocycles. The third-order valence-corrected chi connectivity index (χ3v) is 2.47. The summed E-state index contributed by atoms with van der Waals surface area (Å²) < 4.78 is 5.73. The lowest BCUT2D eigenvalue weighted by Crippen LogP contribution is -2.07. The standard InChI is InChI=1S/C14H15N3O2/c1-10(18)17-12-6-2-3-7-13(12)19-14-11(9-15)5-4-8-16-14/h2-8H,9,15H2,1H3,(H,17,18). The lowest BCUT2D eigenvalue weighted by molar-refractivity contribution is -0.114. The second-order valence-electron chi connectivity index (χ2n) is 3.95. The van der Waals surface area contributed by atoms with Gasteiger partial charge < -0.3 is 15.8 Å². The van der Waals surface area contributed by atoms with Crippen LogP contribution in [0.4, 0.5) is 5.69 Å². The molecule has 2 aromatic rings. The Kier molecular flexibility index (Phi) is 4.10. The average molecular weight is 257 g/mol. The zero-order valence-corrected chi connectivity index (χ0v) is 10.6. The maximum absolute atomic E-state index is 11.1. The van der Waals surface area contributed by atoms with Gasteiger partial charge in [-0.1, -0.05) is 18.2 Å². The Balaban J connectivity index is 2.30. The molecule has 1 amide bonds.